The number of benzodiazepines with no additional fused rings is 1. The summed E-state index contributed by atoms with van der Waals surface area (Å²) in [4.78, 5) is 32.4. The molecule has 0 fully saturated rings. The first-order chi connectivity index (χ1) is 17.6. The first-order valence-corrected chi connectivity index (χ1v) is 11.5. The lowest BCUT2D eigenvalue weighted by Gasteiger charge is -2.21. The minimum Gasteiger partial charge on any atom is -0.457 e. The third-order valence-electron chi connectivity index (χ3n) is 5.73. The van der Waals surface area contributed by atoms with Crippen LogP contribution in [0.4, 0.5) is 16.2 Å². The maximum Gasteiger partial charge on any atom is 0.321 e. The third kappa shape index (κ3) is 4.95. The summed E-state index contributed by atoms with van der Waals surface area (Å²) in [6, 6.07) is 33.0. The summed E-state index contributed by atoms with van der Waals surface area (Å²) in [6.45, 7) is 0. The van der Waals surface area contributed by atoms with E-state index in [1.807, 2.05) is 84.9 Å². The second-order valence-electron chi connectivity index (χ2n) is 8.20. The number of amides is 3. The molecular formula is C29H24N4O3. The van der Waals surface area contributed by atoms with Crippen molar-refractivity contribution >= 4 is 29.0 Å². The molecule has 0 saturated heterocycles. The van der Waals surface area contributed by atoms with Crippen LogP contribution < -0.4 is 20.3 Å². The third-order valence-corrected chi connectivity index (χ3v) is 5.73. The summed E-state index contributed by atoms with van der Waals surface area (Å²) in [6.07, 6.45) is -1.11. The number of para-hydroxylation sites is 2. The molecular weight excluding hydrogens is 452 g/mol. The monoisotopic (exact) mass is 476 g/mol. The van der Waals surface area contributed by atoms with Gasteiger partial charge in [0.2, 0.25) is 6.17 Å². The highest BCUT2D eigenvalue weighted by Crippen LogP contribution is 2.27. The molecule has 5 rings (SSSR count). The number of carbonyl (C=O) groups excluding carboxylic acids is 2. The van der Waals surface area contributed by atoms with Crippen molar-refractivity contribution in [3.8, 4) is 11.5 Å². The van der Waals surface area contributed by atoms with Crippen LogP contribution in [0.25, 0.3) is 0 Å². The molecule has 0 spiro atoms. The lowest BCUT2D eigenvalue weighted by Crippen LogP contribution is -2.47. The molecule has 0 aliphatic carbocycles. The van der Waals surface area contributed by atoms with Crippen LogP contribution in [-0.2, 0) is 4.79 Å². The molecule has 7 nitrogen and oxygen atoms in total. The number of aliphatic imine (C=N–C) groups is 1. The number of nitrogens with one attached hydrogen (secondary N) is 2. The predicted molar refractivity (Wildman–Crippen MR) is 141 cm³/mol. The molecule has 178 valence electrons. The number of urea groups is 1. The lowest BCUT2D eigenvalue weighted by molar-refractivity contribution is -0.119. The van der Waals surface area contributed by atoms with Gasteiger partial charge in [0.15, 0.2) is 0 Å². The zero-order valence-corrected chi connectivity index (χ0v) is 19.6. The second kappa shape index (κ2) is 10.1. The highest BCUT2D eigenvalue weighted by molar-refractivity contribution is 6.20. The Labute approximate surface area is 209 Å². The fourth-order valence-electron chi connectivity index (χ4n) is 4.00. The molecule has 1 atom stereocenters. The van der Waals surface area contributed by atoms with Gasteiger partial charge in [0, 0.05) is 29.9 Å². The van der Waals surface area contributed by atoms with E-state index in [-0.39, 0.29) is 5.91 Å². The highest BCUT2D eigenvalue weighted by Gasteiger charge is 2.30. The highest BCUT2D eigenvalue weighted by atomic mass is 16.5. The average molecular weight is 477 g/mol. The van der Waals surface area contributed by atoms with Gasteiger partial charge in [-0.25, -0.2) is 9.79 Å². The van der Waals surface area contributed by atoms with Gasteiger partial charge < -0.3 is 20.3 Å². The molecule has 4 aromatic rings. The Balaban J connectivity index is 1.38. The molecule has 7 heteroatoms. The van der Waals surface area contributed by atoms with Crippen LogP contribution in [0.15, 0.2) is 114 Å². The van der Waals surface area contributed by atoms with Crippen molar-refractivity contribution in [1.82, 2.24) is 5.32 Å². The standard InChI is InChI=1S/C29H24N4O3/c1-33-25-18-9-8-17-24(25)26(20-11-4-2-5-12-20)31-27(28(33)34)32-29(35)30-21-13-10-16-23(19-21)36-22-14-6-3-7-15-22/h2-19,27H,1H3,(H2,30,32,35). The number of ether oxygens (including phenoxy) is 1. The van der Waals surface area contributed by atoms with Crippen LogP contribution in [0, 0.1) is 0 Å². The molecule has 0 radical (unpaired) electrons. The van der Waals surface area contributed by atoms with Crippen molar-refractivity contribution in [1.29, 1.82) is 0 Å². The minimum atomic E-state index is -1.11. The van der Waals surface area contributed by atoms with Crippen LogP contribution >= 0.6 is 0 Å². The molecule has 2 N–H and O–H groups in total. The van der Waals surface area contributed by atoms with Gasteiger partial charge >= 0.3 is 6.03 Å². The lowest BCUT2D eigenvalue weighted by atomic mass is 10.0. The number of hydrogen-bond acceptors (Lipinski definition) is 4. The molecule has 0 bridgehead atoms. The first kappa shape index (κ1) is 22.9. The smallest absolute Gasteiger partial charge is 0.321 e. The Morgan fingerprint density at radius 3 is 2.28 bits per heavy atom. The average Bonchev–Trinajstić information content (AvgIpc) is 3.01. The molecule has 0 saturated carbocycles. The summed E-state index contributed by atoms with van der Waals surface area (Å²) in [7, 11) is 1.68. The van der Waals surface area contributed by atoms with E-state index in [4.69, 9.17) is 9.73 Å². The van der Waals surface area contributed by atoms with Gasteiger partial charge in [-0.1, -0.05) is 72.8 Å². The number of anilines is 2. The molecule has 1 aliphatic rings. The molecule has 0 aromatic heterocycles. The van der Waals surface area contributed by atoms with Gasteiger partial charge in [-0.05, 0) is 30.3 Å². The Morgan fingerprint density at radius 2 is 1.50 bits per heavy atom. The van der Waals surface area contributed by atoms with Crippen molar-refractivity contribution < 1.29 is 14.3 Å². The number of fused-ring (bicyclic) bond motifs is 1. The van der Waals surface area contributed by atoms with Gasteiger partial charge in [0.1, 0.15) is 11.5 Å². The number of hydrogen-bond donors (Lipinski definition) is 2. The van der Waals surface area contributed by atoms with Crippen LogP contribution in [0.2, 0.25) is 0 Å². The number of carbonyl (C=O) groups is 2. The van der Waals surface area contributed by atoms with E-state index < -0.39 is 12.2 Å². The van der Waals surface area contributed by atoms with Crippen LogP contribution in [-0.4, -0.2) is 30.9 Å². The van der Waals surface area contributed by atoms with Gasteiger partial charge in [-0.3, -0.25) is 4.79 Å². The molecule has 3 amide bonds. The van der Waals surface area contributed by atoms with E-state index in [1.165, 1.54) is 4.90 Å². The maximum absolute atomic E-state index is 13.3. The molecule has 1 aliphatic heterocycles. The van der Waals surface area contributed by atoms with Crippen LogP contribution in [0.1, 0.15) is 11.1 Å². The fraction of sp³-hybridized carbons (Fsp3) is 0.0690. The minimum absolute atomic E-state index is 0.343. The predicted octanol–water partition coefficient (Wildman–Crippen LogP) is 5.44. The van der Waals surface area contributed by atoms with Crippen molar-refractivity contribution in [3.63, 3.8) is 0 Å². The van der Waals surface area contributed by atoms with E-state index in [2.05, 4.69) is 10.6 Å². The van der Waals surface area contributed by atoms with Crippen LogP contribution in [0.5, 0.6) is 11.5 Å². The first-order valence-electron chi connectivity index (χ1n) is 11.5. The van der Waals surface area contributed by atoms with Gasteiger partial charge in [-0.15, -0.1) is 0 Å². The molecule has 36 heavy (non-hydrogen) atoms. The molecule has 1 unspecified atom stereocenters. The second-order valence-corrected chi connectivity index (χ2v) is 8.20. The van der Waals surface area contributed by atoms with E-state index >= 15 is 0 Å². The number of nitrogens with zero attached hydrogens (tertiary/aromatic N) is 2. The fourth-order valence-corrected chi connectivity index (χ4v) is 4.00. The van der Waals surface area contributed by atoms with E-state index in [0.717, 1.165) is 16.8 Å². The topological polar surface area (TPSA) is 83.0 Å². The summed E-state index contributed by atoms with van der Waals surface area (Å²) in [5, 5.41) is 5.50. The Bertz CT molecular complexity index is 1420. The Morgan fingerprint density at radius 1 is 0.833 bits per heavy atom. The number of likely N-dealkylation sites (N-methyl/N-ethyl adjacent to an activating group) is 1. The van der Waals surface area contributed by atoms with Gasteiger partial charge in [0.05, 0.1) is 11.4 Å². The zero-order chi connectivity index (χ0) is 24.9. The van der Waals surface area contributed by atoms with E-state index in [0.29, 0.717) is 22.9 Å². The zero-order valence-electron chi connectivity index (χ0n) is 19.6. The number of rotatable bonds is 5. The Hall–Kier alpha value is -4.91. The summed E-state index contributed by atoms with van der Waals surface area (Å²) < 4.78 is 5.84. The van der Waals surface area contributed by atoms with Crippen LogP contribution in [0.3, 0.4) is 0 Å². The van der Waals surface area contributed by atoms with E-state index in [9.17, 15) is 9.59 Å². The Kier molecular flexibility index (Phi) is 6.44. The maximum atomic E-state index is 13.3. The van der Waals surface area contributed by atoms with Gasteiger partial charge in [0.25, 0.3) is 5.91 Å². The van der Waals surface area contributed by atoms with Crippen molar-refractivity contribution in [2.75, 3.05) is 17.3 Å². The SMILES string of the molecule is CN1C(=O)C(NC(=O)Nc2cccc(Oc3ccccc3)c2)N=C(c2ccccc2)c2ccccc21. The number of benzene rings is 4. The molecule has 4 aromatic carbocycles. The van der Waals surface area contributed by atoms with E-state index in [1.54, 1.807) is 31.3 Å². The van der Waals surface area contributed by atoms with Crippen molar-refractivity contribution in [3.05, 3.63) is 120 Å². The van der Waals surface area contributed by atoms with Crippen molar-refractivity contribution in [2.24, 2.45) is 4.99 Å². The summed E-state index contributed by atoms with van der Waals surface area (Å²) >= 11 is 0. The normalized spacial score (nSPS) is 14.8. The largest absolute Gasteiger partial charge is 0.457 e. The quantitative estimate of drug-likeness (QED) is 0.402. The molecule has 1 heterocycles. The summed E-state index contributed by atoms with van der Waals surface area (Å²) in [5.41, 5.74) is 3.54. The van der Waals surface area contributed by atoms with Gasteiger partial charge in [-0.2, -0.15) is 0 Å². The summed E-state index contributed by atoms with van der Waals surface area (Å²) in [5.74, 6) is 0.919. The van der Waals surface area contributed by atoms with Crippen molar-refractivity contribution in [2.45, 2.75) is 6.17 Å².